The normalized spacial score (nSPS) is 10.9. The number of hydrogen-bond donors (Lipinski definition) is 0. The Morgan fingerprint density at radius 3 is 1.89 bits per heavy atom. The lowest BCUT2D eigenvalue weighted by Crippen LogP contribution is -1.93. The van der Waals surface area contributed by atoms with Crippen molar-refractivity contribution in [1.82, 2.24) is 0 Å². The minimum atomic E-state index is 0.0258. The van der Waals surface area contributed by atoms with Crippen molar-refractivity contribution >= 4 is 17.4 Å². The van der Waals surface area contributed by atoms with Crippen molar-refractivity contribution in [2.75, 3.05) is 0 Å². The highest BCUT2D eigenvalue weighted by molar-refractivity contribution is 6.06. The summed E-state index contributed by atoms with van der Waals surface area (Å²) in [6, 6.07) is 26.3. The molecule has 3 aromatic carbocycles. The first-order valence-electron chi connectivity index (χ1n) is 9.23. The summed E-state index contributed by atoms with van der Waals surface area (Å²) in [5.74, 6) is 0.0258. The fourth-order valence-corrected chi connectivity index (χ4v) is 2.91. The van der Waals surface area contributed by atoms with Crippen LogP contribution in [0.5, 0.6) is 0 Å². The summed E-state index contributed by atoms with van der Waals surface area (Å²) in [6.45, 7) is 6.00. The van der Waals surface area contributed by atoms with E-state index in [0.717, 1.165) is 24.0 Å². The molecule has 0 saturated carbocycles. The van der Waals surface area contributed by atoms with E-state index in [1.54, 1.807) is 6.08 Å². The van der Waals surface area contributed by atoms with Crippen LogP contribution in [0.3, 0.4) is 0 Å². The zero-order valence-electron chi connectivity index (χ0n) is 15.7. The zero-order valence-corrected chi connectivity index (χ0v) is 15.7. The number of benzene rings is 3. The molecule has 0 bridgehead atoms. The van der Waals surface area contributed by atoms with Gasteiger partial charge in [0, 0.05) is 5.56 Å². The van der Waals surface area contributed by atoms with Crippen molar-refractivity contribution in [3.63, 3.8) is 0 Å². The molecule has 0 amide bonds. The van der Waals surface area contributed by atoms with Gasteiger partial charge in [0.25, 0.3) is 0 Å². The number of carbonyl (C=O) groups is 1. The molecule has 0 aliphatic rings. The fraction of sp³-hybridized carbons (Fsp3) is 0.115. The molecule has 134 valence electrons. The van der Waals surface area contributed by atoms with E-state index in [9.17, 15) is 4.79 Å². The maximum Gasteiger partial charge on any atom is 0.185 e. The van der Waals surface area contributed by atoms with Gasteiger partial charge in [-0.05, 0) is 48.1 Å². The van der Waals surface area contributed by atoms with Crippen molar-refractivity contribution in [1.29, 1.82) is 0 Å². The molecule has 0 aliphatic carbocycles. The number of carbonyl (C=O) groups excluding carboxylic acids is 1. The lowest BCUT2D eigenvalue weighted by atomic mass is 10.0. The van der Waals surface area contributed by atoms with Gasteiger partial charge in [0.1, 0.15) is 0 Å². The van der Waals surface area contributed by atoms with Gasteiger partial charge >= 0.3 is 0 Å². The van der Waals surface area contributed by atoms with Crippen LogP contribution in [0.1, 0.15) is 39.5 Å². The van der Waals surface area contributed by atoms with Crippen LogP contribution in [0.2, 0.25) is 0 Å². The SMILES string of the molecule is C=C(C)c1ccc(CCc2ccc(/C=C/C(=O)c3ccccc3)cc2)cc1. The largest absolute Gasteiger partial charge is 0.289 e. The van der Waals surface area contributed by atoms with E-state index in [-0.39, 0.29) is 5.78 Å². The Balaban J connectivity index is 1.56. The first-order valence-corrected chi connectivity index (χ1v) is 9.23. The standard InChI is InChI=1S/C26H24O/c1-20(2)24-17-14-23(15-18-24)13-10-21-8-11-22(12-9-21)16-19-26(27)25-6-4-3-5-7-25/h3-9,11-12,14-19H,1,10,13H2,2H3/b19-16+. The van der Waals surface area contributed by atoms with Gasteiger partial charge in [0.05, 0.1) is 0 Å². The van der Waals surface area contributed by atoms with E-state index in [4.69, 9.17) is 0 Å². The van der Waals surface area contributed by atoms with Crippen LogP contribution >= 0.6 is 0 Å². The minimum absolute atomic E-state index is 0.0258. The summed E-state index contributed by atoms with van der Waals surface area (Å²) in [5, 5.41) is 0. The van der Waals surface area contributed by atoms with Crippen LogP contribution in [0.4, 0.5) is 0 Å². The average Bonchev–Trinajstić information content (AvgIpc) is 2.72. The quantitative estimate of drug-likeness (QED) is 0.355. The summed E-state index contributed by atoms with van der Waals surface area (Å²) < 4.78 is 0. The number of allylic oxidation sites excluding steroid dienone is 2. The van der Waals surface area contributed by atoms with Gasteiger partial charge in [-0.25, -0.2) is 0 Å². The van der Waals surface area contributed by atoms with E-state index >= 15 is 0 Å². The molecule has 0 fully saturated rings. The summed E-state index contributed by atoms with van der Waals surface area (Å²) in [7, 11) is 0. The third kappa shape index (κ3) is 5.39. The predicted molar refractivity (Wildman–Crippen MR) is 115 cm³/mol. The molecular formula is C26H24O. The van der Waals surface area contributed by atoms with Gasteiger partial charge < -0.3 is 0 Å². The zero-order chi connectivity index (χ0) is 19.1. The summed E-state index contributed by atoms with van der Waals surface area (Å²) >= 11 is 0. The molecule has 0 unspecified atom stereocenters. The number of aryl methyl sites for hydroxylation is 2. The molecule has 3 aromatic rings. The van der Waals surface area contributed by atoms with E-state index < -0.39 is 0 Å². The Morgan fingerprint density at radius 2 is 1.33 bits per heavy atom. The van der Waals surface area contributed by atoms with Gasteiger partial charge in [-0.15, -0.1) is 0 Å². The molecule has 0 N–H and O–H groups in total. The molecular weight excluding hydrogens is 328 g/mol. The van der Waals surface area contributed by atoms with Crippen LogP contribution in [0, 0.1) is 0 Å². The minimum Gasteiger partial charge on any atom is -0.289 e. The molecule has 0 heterocycles. The van der Waals surface area contributed by atoms with Crippen molar-refractivity contribution in [3.05, 3.63) is 119 Å². The van der Waals surface area contributed by atoms with E-state index in [1.165, 1.54) is 16.7 Å². The number of ketones is 1. The molecule has 0 saturated heterocycles. The maximum atomic E-state index is 12.1. The second kappa shape index (κ2) is 8.95. The second-order valence-electron chi connectivity index (χ2n) is 6.78. The van der Waals surface area contributed by atoms with Crippen LogP contribution in [0.15, 0.2) is 91.5 Å². The average molecular weight is 352 g/mol. The Labute approximate surface area is 161 Å². The van der Waals surface area contributed by atoms with Crippen LogP contribution in [-0.2, 0) is 12.8 Å². The molecule has 27 heavy (non-hydrogen) atoms. The summed E-state index contributed by atoms with van der Waals surface area (Å²) in [5.41, 5.74) is 6.66. The molecule has 3 rings (SSSR count). The summed E-state index contributed by atoms with van der Waals surface area (Å²) in [4.78, 5) is 12.1. The van der Waals surface area contributed by atoms with Gasteiger partial charge in [0.2, 0.25) is 0 Å². The lowest BCUT2D eigenvalue weighted by Gasteiger charge is -2.05. The fourth-order valence-electron chi connectivity index (χ4n) is 2.91. The van der Waals surface area contributed by atoms with E-state index in [1.807, 2.05) is 43.3 Å². The second-order valence-corrected chi connectivity index (χ2v) is 6.78. The van der Waals surface area contributed by atoms with E-state index in [2.05, 4.69) is 55.1 Å². The molecule has 0 spiro atoms. The van der Waals surface area contributed by atoms with Gasteiger partial charge in [-0.3, -0.25) is 4.79 Å². The van der Waals surface area contributed by atoms with Crippen LogP contribution < -0.4 is 0 Å². The first-order chi connectivity index (χ1) is 13.1. The lowest BCUT2D eigenvalue weighted by molar-refractivity contribution is 0.104. The van der Waals surface area contributed by atoms with Gasteiger partial charge in [-0.1, -0.05) is 97.1 Å². The Hall–Kier alpha value is -3.19. The predicted octanol–water partition coefficient (Wildman–Crippen LogP) is 6.40. The van der Waals surface area contributed by atoms with E-state index in [0.29, 0.717) is 5.56 Å². The van der Waals surface area contributed by atoms with Crippen LogP contribution in [-0.4, -0.2) is 5.78 Å². The van der Waals surface area contributed by atoms with Crippen molar-refractivity contribution < 1.29 is 4.79 Å². The third-order valence-corrected chi connectivity index (χ3v) is 4.61. The van der Waals surface area contributed by atoms with Crippen molar-refractivity contribution in [3.8, 4) is 0 Å². The van der Waals surface area contributed by atoms with Gasteiger partial charge in [-0.2, -0.15) is 0 Å². The highest BCUT2D eigenvalue weighted by Crippen LogP contribution is 2.15. The molecule has 0 aromatic heterocycles. The molecule has 0 atom stereocenters. The monoisotopic (exact) mass is 352 g/mol. The maximum absolute atomic E-state index is 12.1. The summed E-state index contributed by atoms with van der Waals surface area (Å²) in [6.07, 6.45) is 5.51. The first kappa shape index (κ1) is 18.6. The highest BCUT2D eigenvalue weighted by atomic mass is 16.1. The van der Waals surface area contributed by atoms with Gasteiger partial charge in [0.15, 0.2) is 5.78 Å². The number of hydrogen-bond acceptors (Lipinski definition) is 1. The molecule has 1 heteroatoms. The van der Waals surface area contributed by atoms with Crippen molar-refractivity contribution in [2.24, 2.45) is 0 Å². The molecule has 0 radical (unpaired) electrons. The molecule has 0 aliphatic heterocycles. The van der Waals surface area contributed by atoms with Crippen LogP contribution in [0.25, 0.3) is 11.6 Å². The topological polar surface area (TPSA) is 17.1 Å². The Bertz CT molecular complexity index is 930. The Morgan fingerprint density at radius 1 is 0.778 bits per heavy atom. The third-order valence-electron chi connectivity index (χ3n) is 4.61. The smallest absolute Gasteiger partial charge is 0.185 e. The highest BCUT2D eigenvalue weighted by Gasteiger charge is 2.00. The molecule has 1 nitrogen and oxygen atoms in total. The number of rotatable bonds is 7. The van der Waals surface area contributed by atoms with Crippen molar-refractivity contribution in [2.45, 2.75) is 19.8 Å². The Kier molecular flexibility index (Phi) is 6.17.